The lowest BCUT2D eigenvalue weighted by Crippen LogP contribution is -2.21. The van der Waals surface area contributed by atoms with Crippen LogP contribution in [0.2, 0.25) is 0 Å². The highest BCUT2D eigenvalue weighted by Crippen LogP contribution is 2.43. The molecular formula is C12H21N3O3S. The number of carbonyl (C=O) groups excluding carboxylic acids is 1. The van der Waals surface area contributed by atoms with E-state index in [9.17, 15) is 4.79 Å². The quantitative estimate of drug-likeness (QED) is 0.829. The molecule has 3 N–H and O–H groups in total. The Labute approximate surface area is 117 Å². The van der Waals surface area contributed by atoms with Crippen molar-refractivity contribution in [3.05, 3.63) is 4.88 Å². The van der Waals surface area contributed by atoms with E-state index in [1.54, 1.807) is 21.2 Å². The third-order valence-corrected chi connectivity index (χ3v) is 3.60. The number of hydrogen-bond donors (Lipinski definition) is 2. The lowest BCUT2D eigenvalue weighted by Gasteiger charge is -2.13. The molecule has 0 aliphatic carbocycles. The average molecular weight is 287 g/mol. The summed E-state index contributed by atoms with van der Waals surface area (Å²) in [6.45, 7) is 2.53. The standard InChI is InChI=1S/C12H21N3O3S/c1-7(6-17-4)14-11-9(18-5)8(13)10(19-11)12(16)15(2)3/h7,14H,6,13H2,1-5H3. The molecule has 0 aliphatic heterocycles. The van der Waals surface area contributed by atoms with E-state index in [0.29, 0.717) is 22.9 Å². The minimum atomic E-state index is -0.131. The Morgan fingerprint density at radius 3 is 2.58 bits per heavy atom. The first-order valence-electron chi connectivity index (χ1n) is 5.85. The topological polar surface area (TPSA) is 76.8 Å². The lowest BCUT2D eigenvalue weighted by atomic mass is 10.3. The molecule has 0 saturated heterocycles. The summed E-state index contributed by atoms with van der Waals surface area (Å²) >= 11 is 1.29. The fraction of sp³-hybridized carbons (Fsp3) is 0.583. The van der Waals surface area contributed by atoms with E-state index in [1.165, 1.54) is 23.3 Å². The van der Waals surface area contributed by atoms with Gasteiger partial charge in [-0.3, -0.25) is 4.79 Å². The first-order chi connectivity index (χ1) is 8.92. The molecule has 1 rings (SSSR count). The van der Waals surface area contributed by atoms with Gasteiger partial charge in [0, 0.05) is 27.2 Å². The minimum Gasteiger partial charge on any atom is -0.492 e. The molecule has 1 amide bonds. The van der Waals surface area contributed by atoms with Crippen LogP contribution in [0.3, 0.4) is 0 Å². The number of amides is 1. The van der Waals surface area contributed by atoms with Gasteiger partial charge in [0.2, 0.25) is 0 Å². The summed E-state index contributed by atoms with van der Waals surface area (Å²) in [4.78, 5) is 14.0. The van der Waals surface area contributed by atoms with Crippen molar-refractivity contribution in [2.75, 3.05) is 46.0 Å². The molecule has 0 aliphatic rings. The predicted octanol–water partition coefficient (Wildman–Crippen LogP) is 1.49. The molecule has 1 aromatic rings. The van der Waals surface area contributed by atoms with E-state index in [2.05, 4.69) is 5.32 Å². The molecule has 108 valence electrons. The van der Waals surface area contributed by atoms with Gasteiger partial charge < -0.3 is 25.4 Å². The smallest absolute Gasteiger partial charge is 0.265 e. The second-order valence-corrected chi connectivity index (χ2v) is 5.43. The van der Waals surface area contributed by atoms with Crippen LogP contribution < -0.4 is 15.8 Å². The molecule has 1 unspecified atom stereocenters. The van der Waals surface area contributed by atoms with Crippen LogP contribution >= 0.6 is 11.3 Å². The van der Waals surface area contributed by atoms with E-state index < -0.39 is 0 Å². The maximum atomic E-state index is 12.0. The average Bonchev–Trinajstić information content (AvgIpc) is 2.64. The highest BCUT2D eigenvalue weighted by Gasteiger charge is 2.23. The number of nitrogens with one attached hydrogen (secondary N) is 1. The third-order valence-electron chi connectivity index (χ3n) is 2.50. The number of carbonyl (C=O) groups is 1. The van der Waals surface area contributed by atoms with Gasteiger partial charge in [-0.15, -0.1) is 11.3 Å². The molecule has 0 fully saturated rings. The summed E-state index contributed by atoms with van der Waals surface area (Å²) in [7, 11) is 6.55. The third kappa shape index (κ3) is 3.51. The Morgan fingerprint density at radius 2 is 2.11 bits per heavy atom. The molecule has 0 spiro atoms. The molecule has 0 bridgehead atoms. The Balaban J connectivity index is 3.05. The second kappa shape index (κ2) is 6.63. The van der Waals surface area contributed by atoms with Crippen LogP contribution in [0.4, 0.5) is 10.7 Å². The number of hydrogen-bond acceptors (Lipinski definition) is 6. The van der Waals surface area contributed by atoms with Crippen molar-refractivity contribution in [3.8, 4) is 5.75 Å². The summed E-state index contributed by atoms with van der Waals surface area (Å²) < 4.78 is 10.3. The van der Waals surface area contributed by atoms with Crippen molar-refractivity contribution in [1.82, 2.24) is 4.90 Å². The van der Waals surface area contributed by atoms with Crippen LogP contribution in [0.25, 0.3) is 0 Å². The van der Waals surface area contributed by atoms with Crippen molar-refractivity contribution in [3.63, 3.8) is 0 Å². The Hall–Kier alpha value is -1.47. The van der Waals surface area contributed by atoms with E-state index >= 15 is 0 Å². The zero-order chi connectivity index (χ0) is 14.6. The molecule has 0 radical (unpaired) electrons. The fourth-order valence-electron chi connectivity index (χ4n) is 1.60. The van der Waals surface area contributed by atoms with E-state index in [4.69, 9.17) is 15.2 Å². The maximum absolute atomic E-state index is 12.0. The normalized spacial score (nSPS) is 12.1. The summed E-state index contributed by atoms with van der Waals surface area (Å²) in [5.74, 6) is 0.381. The van der Waals surface area contributed by atoms with Gasteiger partial charge in [0.15, 0.2) is 5.75 Å². The van der Waals surface area contributed by atoms with E-state index in [0.717, 1.165) is 5.00 Å². The monoisotopic (exact) mass is 287 g/mol. The number of thiophene rings is 1. The van der Waals surface area contributed by atoms with Crippen molar-refractivity contribution in [1.29, 1.82) is 0 Å². The van der Waals surface area contributed by atoms with Gasteiger partial charge in [0.05, 0.1) is 13.7 Å². The van der Waals surface area contributed by atoms with Gasteiger partial charge in [-0.1, -0.05) is 0 Å². The first kappa shape index (κ1) is 15.6. The molecule has 0 aromatic carbocycles. The zero-order valence-corrected chi connectivity index (χ0v) is 12.8. The van der Waals surface area contributed by atoms with Crippen molar-refractivity contribution >= 4 is 27.9 Å². The van der Waals surface area contributed by atoms with Crippen molar-refractivity contribution in [2.45, 2.75) is 13.0 Å². The van der Waals surface area contributed by atoms with Gasteiger partial charge in [-0.25, -0.2) is 0 Å². The molecular weight excluding hydrogens is 266 g/mol. The van der Waals surface area contributed by atoms with E-state index in [1.807, 2.05) is 6.92 Å². The summed E-state index contributed by atoms with van der Waals surface area (Å²) in [5.41, 5.74) is 6.34. The van der Waals surface area contributed by atoms with Crippen LogP contribution in [0.5, 0.6) is 5.75 Å². The van der Waals surface area contributed by atoms with Gasteiger partial charge in [-0.2, -0.15) is 0 Å². The van der Waals surface area contributed by atoms with E-state index in [-0.39, 0.29) is 11.9 Å². The first-order valence-corrected chi connectivity index (χ1v) is 6.67. The summed E-state index contributed by atoms with van der Waals surface area (Å²) in [6.07, 6.45) is 0. The molecule has 6 nitrogen and oxygen atoms in total. The van der Waals surface area contributed by atoms with Crippen molar-refractivity contribution < 1.29 is 14.3 Å². The van der Waals surface area contributed by atoms with Crippen LogP contribution in [-0.4, -0.2) is 51.8 Å². The number of methoxy groups -OCH3 is 2. The minimum absolute atomic E-state index is 0.0965. The molecule has 1 atom stereocenters. The van der Waals surface area contributed by atoms with Gasteiger partial charge in [-0.05, 0) is 6.92 Å². The number of ether oxygens (including phenoxy) is 2. The Morgan fingerprint density at radius 1 is 1.47 bits per heavy atom. The summed E-state index contributed by atoms with van der Waals surface area (Å²) in [5, 5.41) is 3.98. The molecule has 19 heavy (non-hydrogen) atoms. The van der Waals surface area contributed by atoms with Gasteiger partial charge >= 0.3 is 0 Å². The van der Waals surface area contributed by atoms with Crippen molar-refractivity contribution in [2.24, 2.45) is 0 Å². The Bertz CT molecular complexity index is 446. The number of nitrogens with zero attached hydrogens (tertiary/aromatic N) is 1. The summed E-state index contributed by atoms with van der Waals surface area (Å²) in [6, 6.07) is 0.0965. The lowest BCUT2D eigenvalue weighted by molar-refractivity contribution is 0.0833. The molecule has 1 heterocycles. The Kier molecular flexibility index (Phi) is 5.44. The highest BCUT2D eigenvalue weighted by atomic mass is 32.1. The number of nitrogen functional groups attached to an aromatic ring is 1. The largest absolute Gasteiger partial charge is 0.492 e. The van der Waals surface area contributed by atoms with Crippen LogP contribution in [0.15, 0.2) is 0 Å². The molecule has 1 aromatic heterocycles. The maximum Gasteiger partial charge on any atom is 0.265 e. The number of nitrogens with two attached hydrogens (primary N) is 1. The predicted molar refractivity (Wildman–Crippen MR) is 78.3 cm³/mol. The molecule has 7 heteroatoms. The van der Waals surface area contributed by atoms with Gasteiger partial charge in [0.25, 0.3) is 5.91 Å². The van der Waals surface area contributed by atoms with Gasteiger partial charge in [0.1, 0.15) is 15.6 Å². The zero-order valence-electron chi connectivity index (χ0n) is 11.9. The van der Waals surface area contributed by atoms with Crippen LogP contribution in [0, 0.1) is 0 Å². The molecule has 0 saturated carbocycles. The highest BCUT2D eigenvalue weighted by molar-refractivity contribution is 7.19. The number of rotatable bonds is 6. The van der Waals surface area contributed by atoms with Crippen LogP contribution in [0.1, 0.15) is 16.6 Å². The second-order valence-electron chi connectivity index (χ2n) is 4.41. The SMILES string of the molecule is COCC(C)Nc1sc(C(=O)N(C)C)c(N)c1OC. The van der Waals surface area contributed by atoms with Crippen LogP contribution in [-0.2, 0) is 4.74 Å². The number of anilines is 2. The fourth-order valence-corrected chi connectivity index (χ4v) is 2.83.